The Labute approximate surface area is 105 Å². The van der Waals surface area contributed by atoms with E-state index in [1.165, 1.54) is 0 Å². The molecule has 0 aliphatic carbocycles. The van der Waals surface area contributed by atoms with E-state index in [1.54, 1.807) is 0 Å². The first-order valence-electron chi connectivity index (χ1n) is 5.07. The lowest BCUT2D eigenvalue weighted by Crippen LogP contribution is -2.44. The molecule has 0 aliphatic heterocycles. The summed E-state index contributed by atoms with van der Waals surface area (Å²) in [5.74, 6) is -0.769. The molecule has 0 heterocycles. The van der Waals surface area contributed by atoms with Gasteiger partial charge in [0.05, 0.1) is 6.61 Å². The maximum atomic E-state index is 11.0. The zero-order chi connectivity index (χ0) is 13.6. The van der Waals surface area contributed by atoms with Crippen molar-refractivity contribution in [2.45, 2.75) is 12.6 Å². The van der Waals surface area contributed by atoms with Gasteiger partial charge in [0, 0.05) is 6.54 Å². The van der Waals surface area contributed by atoms with Crippen LogP contribution in [-0.4, -0.2) is 31.5 Å². The van der Waals surface area contributed by atoms with Crippen molar-refractivity contribution >= 4 is 16.3 Å². The molecule has 0 fully saturated rings. The Bertz CT molecular complexity index is 488. The monoisotopic (exact) mass is 274 g/mol. The van der Waals surface area contributed by atoms with E-state index in [0.717, 1.165) is 5.56 Å². The summed E-state index contributed by atoms with van der Waals surface area (Å²) in [5, 5.41) is 2.73. The number of hydrogen-bond acceptors (Lipinski definition) is 5. The average Bonchev–Trinajstić information content (AvgIpc) is 2.28. The number of primary amides is 1. The first-order chi connectivity index (χ1) is 8.38. The fourth-order valence-corrected chi connectivity index (χ4v) is 1.54. The van der Waals surface area contributed by atoms with Gasteiger partial charge in [-0.3, -0.25) is 14.7 Å². The highest BCUT2D eigenvalue weighted by molar-refractivity contribution is 7.80. The lowest BCUT2D eigenvalue weighted by molar-refractivity contribution is -0.120. The van der Waals surface area contributed by atoms with E-state index < -0.39 is 29.0 Å². The van der Waals surface area contributed by atoms with Gasteiger partial charge in [-0.15, -0.1) is 0 Å². The summed E-state index contributed by atoms with van der Waals surface area (Å²) in [5.41, 5.74) is 5.97. The first kappa shape index (κ1) is 14.6. The average molecular weight is 274 g/mol. The second-order valence-corrected chi connectivity index (χ2v) is 4.62. The van der Waals surface area contributed by atoms with Crippen LogP contribution in [0.15, 0.2) is 30.3 Å². The van der Waals surface area contributed by atoms with Crippen LogP contribution in [0.25, 0.3) is 0 Å². The number of carbonyl (C=O) groups excluding carboxylic acids is 1. The molecule has 8 heteroatoms. The van der Waals surface area contributed by atoms with E-state index in [0.29, 0.717) is 6.54 Å². The van der Waals surface area contributed by atoms with E-state index in [9.17, 15) is 13.2 Å². The fourth-order valence-electron chi connectivity index (χ4n) is 1.23. The number of hydrogen-bond donors (Lipinski definition) is 3. The molecule has 0 bridgehead atoms. The summed E-state index contributed by atoms with van der Waals surface area (Å²) in [7, 11) is -4.58. The molecule has 0 saturated heterocycles. The normalized spacial score (nSPS) is 13.2. The zero-order valence-electron chi connectivity index (χ0n) is 9.44. The van der Waals surface area contributed by atoms with Crippen molar-refractivity contribution in [1.82, 2.24) is 5.32 Å². The van der Waals surface area contributed by atoms with Gasteiger partial charge < -0.3 is 5.73 Å². The molecule has 0 unspecified atom stereocenters. The molecular weight excluding hydrogens is 260 g/mol. The highest BCUT2D eigenvalue weighted by Crippen LogP contribution is 1.99. The highest BCUT2D eigenvalue weighted by Gasteiger charge is 2.18. The molecule has 0 radical (unpaired) electrons. The topological polar surface area (TPSA) is 119 Å². The summed E-state index contributed by atoms with van der Waals surface area (Å²) in [4.78, 5) is 11.0. The molecule has 100 valence electrons. The minimum Gasteiger partial charge on any atom is -0.368 e. The Morgan fingerprint density at radius 1 is 1.39 bits per heavy atom. The number of nitrogens with two attached hydrogens (primary N) is 1. The quantitative estimate of drug-likeness (QED) is 0.574. The van der Waals surface area contributed by atoms with Crippen molar-refractivity contribution in [3.05, 3.63) is 35.9 Å². The zero-order valence-corrected chi connectivity index (χ0v) is 10.3. The molecule has 0 spiro atoms. The van der Waals surface area contributed by atoms with Crippen molar-refractivity contribution in [3.63, 3.8) is 0 Å². The summed E-state index contributed by atoms with van der Waals surface area (Å²) in [6.45, 7) is -0.232. The Hall–Kier alpha value is -1.48. The number of rotatable bonds is 7. The molecule has 1 rings (SSSR count). The van der Waals surface area contributed by atoms with Crippen molar-refractivity contribution in [1.29, 1.82) is 0 Å². The van der Waals surface area contributed by atoms with Crippen LogP contribution in [0.1, 0.15) is 5.56 Å². The van der Waals surface area contributed by atoms with Crippen LogP contribution in [0, 0.1) is 0 Å². The van der Waals surface area contributed by atoms with Crippen molar-refractivity contribution in [3.8, 4) is 0 Å². The summed E-state index contributed by atoms with van der Waals surface area (Å²) in [6, 6.07) is 8.14. The Balaban J connectivity index is 2.51. The summed E-state index contributed by atoms with van der Waals surface area (Å²) < 4.78 is 33.3. The third kappa shape index (κ3) is 5.73. The van der Waals surface area contributed by atoms with Gasteiger partial charge in [0.2, 0.25) is 5.91 Å². The first-order valence-corrected chi connectivity index (χ1v) is 6.43. The van der Waals surface area contributed by atoms with Crippen LogP contribution in [0.2, 0.25) is 0 Å². The second kappa shape index (κ2) is 6.45. The molecule has 0 saturated carbocycles. The lowest BCUT2D eigenvalue weighted by atomic mass is 10.2. The van der Waals surface area contributed by atoms with Gasteiger partial charge in [0.1, 0.15) is 6.04 Å². The number of carbonyl (C=O) groups is 1. The molecular formula is C10H14N2O5S. The predicted molar refractivity (Wildman–Crippen MR) is 63.8 cm³/mol. The van der Waals surface area contributed by atoms with E-state index in [2.05, 4.69) is 9.50 Å². The third-order valence-electron chi connectivity index (χ3n) is 2.12. The predicted octanol–water partition coefficient (Wildman–Crippen LogP) is -0.550. The van der Waals surface area contributed by atoms with Crippen LogP contribution in [0.5, 0.6) is 0 Å². The number of benzene rings is 1. The maximum Gasteiger partial charge on any atom is 0.397 e. The van der Waals surface area contributed by atoms with Gasteiger partial charge >= 0.3 is 10.4 Å². The molecule has 4 N–H and O–H groups in total. The molecule has 18 heavy (non-hydrogen) atoms. The van der Waals surface area contributed by atoms with E-state index in [4.69, 9.17) is 10.3 Å². The Morgan fingerprint density at radius 3 is 2.50 bits per heavy atom. The summed E-state index contributed by atoms with van der Waals surface area (Å²) in [6.07, 6.45) is 0. The van der Waals surface area contributed by atoms with Crippen LogP contribution in [-0.2, 0) is 25.9 Å². The summed E-state index contributed by atoms with van der Waals surface area (Å²) >= 11 is 0. The number of amides is 1. The molecule has 7 nitrogen and oxygen atoms in total. The van der Waals surface area contributed by atoms with Gasteiger partial charge in [-0.2, -0.15) is 8.42 Å². The Kier molecular flexibility index (Phi) is 5.23. The molecule has 0 aliphatic rings. The van der Waals surface area contributed by atoms with Gasteiger partial charge in [0.25, 0.3) is 0 Å². The van der Waals surface area contributed by atoms with Crippen molar-refractivity contribution < 1.29 is 21.9 Å². The van der Waals surface area contributed by atoms with Gasteiger partial charge in [-0.1, -0.05) is 30.3 Å². The van der Waals surface area contributed by atoms with Crippen molar-refractivity contribution in [2.24, 2.45) is 5.73 Å². The smallest absolute Gasteiger partial charge is 0.368 e. The minimum atomic E-state index is -4.58. The highest BCUT2D eigenvalue weighted by atomic mass is 32.3. The maximum absolute atomic E-state index is 11.0. The van der Waals surface area contributed by atoms with Crippen LogP contribution in [0.3, 0.4) is 0 Å². The molecule has 1 aromatic carbocycles. The van der Waals surface area contributed by atoms with Gasteiger partial charge in [-0.25, -0.2) is 4.18 Å². The SMILES string of the molecule is NC(=O)[C@@H](COS(=O)(=O)O)NCc1ccccc1. The molecule has 0 aromatic heterocycles. The van der Waals surface area contributed by atoms with Crippen molar-refractivity contribution in [2.75, 3.05) is 6.61 Å². The standard InChI is InChI=1S/C10H14N2O5S/c11-10(13)9(7-17-18(14,15)16)12-6-8-4-2-1-3-5-8/h1-5,9,12H,6-7H2,(H2,11,13)(H,14,15,16)/t9-/m1/s1. The Morgan fingerprint density at radius 2 is 2.00 bits per heavy atom. The fraction of sp³-hybridized carbons (Fsp3) is 0.300. The van der Waals surface area contributed by atoms with Crippen LogP contribution in [0.4, 0.5) is 0 Å². The van der Waals surface area contributed by atoms with Gasteiger partial charge in [-0.05, 0) is 5.56 Å². The second-order valence-electron chi connectivity index (χ2n) is 3.53. The van der Waals surface area contributed by atoms with Crippen LogP contribution < -0.4 is 11.1 Å². The lowest BCUT2D eigenvalue weighted by Gasteiger charge is -2.14. The van der Waals surface area contributed by atoms with E-state index >= 15 is 0 Å². The van der Waals surface area contributed by atoms with E-state index in [1.807, 2.05) is 30.3 Å². The largest absolute Gasteiger partial charge is 0.397 e. The minimum absolute atomic E-state index is 0.323. The van der Waals surface area contributed by atoms with E-state index in [-0.39, 0.29) is 0 Å². The molecule has 1 atom stereocenters. The number of nitrogens with one attached hydrogen (secondary N) is 1. The van der Waals surface area contributed by atoms with Crippen LogP contribution >= 0.6 is 0 Å². The third-order valence-corrected chi connectivity index (χ3v) is 2.56. The van der Waals surface area contributed by atoms with Gasteiger partial charge in [0.15, 0.2) is 0 Å². The molecule has 1 aromatic rings. The molecule has 1 amide bonds.